The number of fused-ring (bicyclic) bond motifs is 4. The Morgan fingerprint density at radius 2 is 1.65 bits per heavy atom. The van der Waals surface area contributed by atoms with Crippen LogP contribution >= 0.6 is 0 Å². The third-order valence-electron chi connectivity index (χ3n) is 9.22. The van der Waals surface area contributed by atoms with Crippen LogP contribution in [-0.2, 0) is 11.2 Å². The second-order valence-corrected chi connectivity index (χ2v) is 11.2. The number of carbonyl (C=O) groups excluding carboxylic acids is 1. The summed E-state index contributed by atoms with van der Waals surface area (Å²) in [5.74, 6) is 0.0794. The van der Waals surface area contributed by atoms with Crippen molar-refractivity contribution in [1.29, 1.82) is 0 Å². The van der Waals surface area contributed by atoms with Crippen LogP contribution in [0.4, 0.5) is 0 Å². The van der Waals surface area contributed by atoms with Gasteiger partial charge in [-0.3, -0.25) is 4.79 Å². The number of carbonyl (C=O) groups is 1. The van der Waals surface area contributed by atoms with Gasteiger partial charge >= 0.3 is 5.63 Å². The Labute approximate surface area is 214 Å². The molecule has 3 aliphatic rings. The van der Waals surface area contributed by atoms with E-state index in [0.717, 1.165) is 0 Å². The summed E-state index contributed by atoms with van der Waals surface area (Å²) < 4.78 is 22.4. The van der Waals surface area contributed by atoms with Crippen molar-refractivity contribution in [2.45, 2.75) is 63.8 Å². The summed E-state index contributed by atoms with van der Waals surface area (Å²) >= 11 is 0. The predicted molar refractivity (Wildman–Crippen MR) is 133 cm³/mol. The van der Waals surface area contributed by atoms with Crippen molar-refractivity contribution >= 4 is 5.78 Å². The van der Waals surface area contributed by atoms with Gasteiger partial charge in [0, 0.05) is 23.5 Å². The highest BCUT2D eigenvalue weighted by Gasteiger charge is 2.77. The van der Waals surface area contributed by atoms with Gasteiger partial charge in [0.15, 0.2) is 17.3 Å². The first-order valence-electron chi connectivity index (χ1n) is 12.2. The molecule has 9 heteroatoms. The van der Waals surface area contributed by atoms with E-state index in [1.54, 1.807) is 26.0 Å². The number of ketones is 1. The van der Waals surface area contributed by atoms with E-state index in [1.165, 1.54) is 32.4 Å². The third kappa shape index (κ3) is 2.98. The Morgan fingerprint density at radius 1 is 0.946 bits per heavy atom. The monoisotopic (exact) mass is 512 g/mol. The molecule has 198 valence electrons. The Morgan fingerprint density at radius 3 is 2.30 bits per heavy atom. The van der Waals surface area contributed by atoms with Gasteiger partial charge in [-0.25, -0.2) is 4.79 Å². The topological polar surface area (TPSA) is 136 Å². The number of methoxy groups -OCH3 is 2. The van der Waals surface area contributed by atoms with Crippen LogP contribution < -0.4 is 19.8 Å². The molecule has 9 nitrogen and oxygen atoms in total. The van der Waals surface area contributed by atoms with E-state index in [0.29, 0.717) is 5.56 Å². The lowest BCUT2D eigenvalue weighted by Gasteiger charge is -2.68. The highest BCUT2D eigenvalue weighted by Crippen LogP contribution is 2.65. The second kappa shape index (κ2) is 7.61. The minimum absolute atomic E-state index is 0.0686. The fourth-order valence-corrected chi connectivity index (χ4v) is 6.68. The molecule has 0 saturated heterocycles. The molecule has 0 bridgehead atoms. The molecule has 0 spiro atoms. The molecular weight excluding hydrogens is 480 g/mol. The Hall–Kier alpha value is -3.30. The van der Waals surface area contributed by atoms with Crippen LogP contribution in [0.15, 0.2) is 39.6 Å². The molecule has 0 unspecified atom stereocenters. The zero-order valence-corrected chi connectivity index (χ0v) is 21.8. The number of aromatic hydroxyl groups is 1. The van der Waals surface area contributed by atoms with Crippen molar-refractivity contribution in [1.82, 2.24) is 0 Å². The fraction of sp³-hybridized carbons (Fsp3) is 0.500. The molecule has 4 atom stereocenters. The maximum atomic E-state index is 13.4. The van der Waals surface area contributed by atoms with E-state index in [9.17, 15) is 24.9 Å². The number of rotatable bonds is 3. The van der Waals surface area contributed by atoms with E-state index in [2.05, 4.69) is 0 Å². The van der Waals surface area contributed by atoms with Crippen LogP contribution in [0.3, 0.4) is 0 Å². The normalized spacial score (nSPS) is 33.6. The first-order valence-corrected chi connectivity index (χ1v) is 12.2. The molecule has 1 aromatic carbocycles. The summed E-state index contributed by atoms with van der Waals surface area (Å²) in [5, 5.41) is 34.7. The summed E-state index contributed by atoms with van der Waals surface area (Å²) in [5.41, 5.74) is -7.56. The van der Waals surface area contributed by atoms with Crippen LogP contribution in [-0.4, -0.2) is 52.1 Å². The molecule has 37 heavy (non-hydrogen) atoms. The van der Waals surface area contributed by atoms with Crippen LogP contribution in [0.2, 0.25) is 0 Å². The van der Waals surface area contributed by atoms with Crippen LogP contribution in [0.1, 0.15) is 46.1 Å². The van der Waals surface area contributed by atoms with Crippen molar-refractivity contribution < 1.29 is 38.7 Å². The third-order valence-corrected chi connectivity index (χ3v) is 9.22. The summed E-state index contributed by atoms with van der Waals surface area (Å²) in [7, 11) is 2.81. The summed E-state index contributed by atoms with van der Waals surface area (Å²) in [6.45, 7) is 6.93. The van der Waals surface area contributed by atoms with Crippen molar-refractivity contribution in [3.8, 4) is 34.3 Å². The highest BCUT2D eigenvalue weighted by atomic mass is 16.5. The van der Waals surface area contributed by atoms with Crippen LogP contribution in [0, 0.1) is 10.8 Å². The molecule has 3 N–H and O–H groups in total. The summed E-state index contributed by atoms with van der Waals surface area (Å²) in [6.07, 6.45) is 3.29. The number of ether oxygens (including phenoxy) is 3. The average molecular weight is 513 g/mol. The van der Waals surface area contributed by atoms with Crippen molar-refractivity contribution in [3.63, 3.8) is 0 Å². The Balaban J connectivity index is 1.66. The molecule has 1 aliphatic heterocycles. The second-order valence-electron chi connectivity index (χ2n) is 11.2. The maximum absolute atomic E-state index is 13.4. The van der Waals surface area contributed by atoms with Gasteiger partial charge in [-0.1, -0.05) is 19.9 Å². The summed E-state index contributed by atoms with van der Waals surface area (Å²) in [4.78, 5) is 26.7. The van der Waals surface area contributed by atoms with Gasteiger partial charge < -0.3 is 33.9 Å². The molecule has 0 amide bonds. The van der Waals surface area contributed by atoms with E-state index in [1.807, 2.05) is 13.8 Å². The van der Waals surface area contributed by atoms with Gasteiger partial charge in [-0.15, -0.1) is 0 Å². The van der Waals surface area contributed by atoms with Gasteiger partial charge in [0.05, 0.1) is 30.8 Å². The molecule has 2 aromatic rings. The molecule has 1 aromatic heterocycles. The molecular formula is C28H32O9. The quantitative estimate of drug-likeness (QED) is 0.567. The average Bonchev–Trinajstić information content (AvgIpc) is 2.84. The predicted octanol–water partition coefficient (Wildman–Crippen LogP) is 3.15. The van der Waals surface area contributed by atoms with E-state index >= 15 is 0 Å². The number of allylic oxidation sites excluding steroid dienone is 1. The van der Waals surface area contributed by atoms with Crippen molar-refractivity contribution in [2.24, 2.45) is 10.8 Å². The minimum Gasteiger partial charge on any atom is -0.504 e. The molecule has 0 radical (unpaired) electrons. The van der Waals surface area contributed by atoms with E-state index < -0.39 is 39.0 Å². The Bertz CT molecular complexity index is 1410. The lowest BCUT2D eigenvalue weighted by Crippen LogP contribution is -2.81. The zero-order chi connectivity index (χ0) is 27.2. The van der Waals surface area contributed by atoms with E-state index in [-0.39, 0.29) is 53.6 Å². The smallest absolute Gasteiger partial charge is 0.343 e. The first-order chi connectivity index (χ1) is 17.2. The van der Waals surface area contributed by atoms with E-state index in [4.69, 9.17) is 18.6 Å². The highest BCUT2D eigenvalue weighted by molar-refractivity contribution is 5.98. The number of benzene rings is 1. The maximum Gasteiger partial charge on any atom is 0.343 e. The van der Waals surface area contributed by atoms with Gasteiger partial charge in [0.25, 0.3) is 0 Å². The molecule has 2 aliphatic carbocycles. The standard InChI is InChI=1S/C28H32O9/c1-24(2)8-7-21(30)26(4)27(24,32)10-9-25(3)28(26,33)14-16-19(37-25)13-18(36-23(16)31)15-11-17(29)22(35-6)20(12-15)34-5/h7-8,11-13,29,32-33H,9-10,14H2,1-6H3/t25-,26+,27-,28-/m1/s1. The van der Waals surface area contributed by atoms with Gasteiger partial charge in [0.2, 0.25) is 5.75 Å². The number of aliphatic hydroxyl groups is 2. The van der Waals surface area contributed by atoms with Crippen LogP contribution in [0.5, 0.6) is 23.0 Å². The van der Waals surface area contributed by atoms with Gasteiger partial charge in [-0.2, -0.15) is 0 Å². The van der Waals surface area contributed by atoms with Crippen molar-refractivity contribution in [3.05, 3.63) is 46.3 Å². The van der Waals surface area contributed by atoms with Crippen molar-refractivity contribution in [2.75, 3.05) is 14.2 Å². The lowest BCUT2D eigenvalue weighted by atomic mass is 9.41. The zero-order valence-electron chi connectivity index (χ0n) is 21.8. The lowest BCUT2D eigenvalue weighted by molar-refractivity contribution is -0.297. The number of hydrogen-bond donors (Lipinski definition) is 3. The fourth-order valence-electron chi connectivity index (χ4n) is 6.68. The minimum atomic E-state index is -1.91. The van der Waals surface area contributed by atoms with Gasteiger partial charge in [-0.05, 0) is 44.9 Å². The molecule has 5 rings (SSSR count). The number of hydrogen-bond acceptors (Lipinski definition) is 9. The van der Waals surface area contributed by atoms with Crippen LogP contribution in [0.25, 0.3) is 11.3 Å². The SMILES string of the molecule is COc1cc(-c2cc3c(c(=O)o2)C[C@]2(O)[C@@]4(C)C(=O)C=CC(C)(C)[C@]4(O)CC[C@@]2(C)O3)cc(O)c1OC. The summed E-state index contributed by atoms with van der Waals surface area (Å²) in [6, 6.07) is 4.46. The molecule has 1 saturated carbocycles. The molecule has 1 fully saturated rings. The Kier molecular flexibility index (Phi) is 5.22. The molecule has 2 heterocycles. The van der Waals surface area contributed by atoms with Gasteiger partial charge in [0.1, 0.15) is 22.7 Å². The first kappa shape index (κ1) is 25.4. The number of phenolic OH excluding ortho intramolecular Hbond substituents is 1. The largest absolute Gasteiger partial charge is 0.504 e. The number of phenols is 1.